The van der Waals surface area contributed by atoms with Crippen molar-refractivity contribution in [2.75, 3.05) is 7.11 Å². The molecule has 1 aliphatic carbocycles. The van der Waals surface area contributed by atoms with Gasteiger partial charge in [0.2, 0.25) is 0 Å². The number of halogens is 2. The molecule has 0 aromatic heterocycles. The van der Waals surface area contributed by atoms with Crippen LogP contribution in [0.15, 0.2) is 42.2 Å². The number of aryl methyl sites for hydroxylation is 1. The number of aliphatic hydroxyl groups excluding tert-OH is 1. The Kier molecular flexibility index (Phi) is 5.13. The number of nitrogens with one attached hydrogen (secondary N) is 1. The summed E-state index contributed by atoms with van der Waals surface area (Å²) in [6.45, 7) is 1.74. The summed E-state index contributed by atoms with van der Waals surface area (Å²) in [6, 6.07) is 9.89. The molecule has 1 heterocycles. The van der Waals surface area contributed by atoms with Crippen molar-refractivity contribution in [3.63, 3.8) is 0 Å². The Hall–Kier alpha value is -2.37. The van der Waals surface area contributed by atoms with E-state index >= 15 is 0 Å². The van der Waals surface area contributed by atoms with Crippen LogP contribution in [-0.4, -0.2) is 29.8 Å². The second-order valence-corrected chi connectivity index (χ2v) is 8.29. The van der Waals surface area contributed by atoms with Gasteiger partial charge in [0.1, 0.15) is 11.6 Å². The number of hydrogen-bond donors (Lipinski definition) is 2. The lowest BCUT2D eigenvalue weighted by Crippen LogP contribution is -2.48. The molecule has 0 bridgehead atoms. The number of carbonyl (C=O) groups excluding carboxylic acids is 1. The largest absolute Gasteiger partial charge is 0.509 e. The SMILES string of the molecule is CO[C@H]1CC[C@@]2(CC1)NC(=O)C(c1cc(-c3ccc(Cl)cc3)c(F)cc1C)=C2O. The zero-order chi connectivity index (χ0) is 20.8. The van der Waals surface area contributed by atoms with Crippen LogP contribution in [0.1, 0.15) is 36.8 Å². The standard InChI is InChI=1S/C23H23ClFNO3/c1-13-11-19(25)18(14-3-5-15(24)6-4-14)12-17(13)20-21(27)23(26-22(20)28)9-7-16(29-2)8-10-23/h3-6,11-12,16,27H,7-10H2,1-2H3,(H,26,28)/t16-,23-. The maximum Gasteiger partial charge on any atom is 0.256 e. The number of ether oxygens (including phenoxy) is 1. The van der Waals surface area contributed by atoms with Crippen LogP contribution in [-0.2, 0) is 9.53 Å². The first-order valence-electron chi connectivity index (χ1n) is 9.70. The van der Waals surface area contributed by atoms with Gasteiger partial charge in [-0.05, 0) is 73.6 Å². The molecule has 2 aromatic carbocycles. The summed E-state index contributed by atoms with van der Waals surface area (Å²) in [5.41, 5.74) is 1.62. The predicted octanol–water partition coefficient (Wildman–Crippen LogP) is 5.18. The van der Waals surface area contributed by atoms with E-state index in [1.54, 1.807) is 44.4 Å². The summed E-state index contributed by atoms with van der Waals surface area (Å²) < 4.78 is 20.1. The Labute approximate surface area is 174 Å². The van der Waals surface area contributed by atoms with E-state index in [1.165, 1.54) is 6.07 Å². The van der Waals surface area contributed by atoms with E-state index in [9.17, 15) is 14.3 Å². The van der Waals surface area contributed by atoms with Crippen LogP contribution in [0.3, 0.4) is 0 Å². The normalized spacial score (nSPS) is 24.3. The molecule has 0 saturated heterocycles. The highest BCUT2D eigenvalue weighted by molar-refractivity contribution is 6.30. The predicted molar refractivity (Wildman–Crippen MR) is 111 cm³/mol. The topological polar surface area (TPSA) is 58.6 Å². The summed E-state index contributed by atoms with van der Waals surface area (Å²) in [4.78, 5) is 12.9. The summed E-state index contributed by atoms with van der Waals surface area (Å²) in [5, 5.41) is 14.6. The van der Waals surface area contributed by atoms with Gasteiger partial charge in [-0.1, -0.05) is 23.7 Å². The van der Waals surface area contributed by atoms with Crippen molar-refractivity contribution < 1.29 is 19.0 Å². The van der Waals surface area contributed by atoms with Crippen LogP contribution in [0.5, 0.6) is 0 Å². The number of hydrogen-bond acceptors (Lipinski definition) is 3. The third-order valence-electron chi connectivity index (χ3n) is 6.13. The Morgan fingerprint density at radius 3 is 2.45 bits per heavy atom. The third-order valence-corrected chi connectivity index (χ3v) is 6.38. The molecule has 0 unspecified atom stereocenters. The Morgan fingerprint density at radius 2 is 1.83 bits per heavy atom. The minimum Gasteiger partial charge on any atom is -0.509 e. The van der Waals surface area contributed by atoms with Gasteiger partial charge in [0.05, 0.1) is 17.2 Å². The highest BCUT2D eigenvalue weighted by Crippen LogP contribution is 2.43. The van der Waals surface area contributed by atoms with Crippen LogP contribution in [0, 0.1) is 12.7 Å². The van der Waals surface area contributed by atoms with Crippen molar-refractivity contribution in [3.8, 4) is 11.1 Å². The summed E-state index contributed by atoms with van der Waals surface area (Å²) >= 11 is 5.94. The van der Waals surface area contributed by atoms with Gasteiger partial charge in [-0.3, -0.25) is 4.79 Å². The molecule has 2 N–H and O–H groups in total. The zero-order valence-corrected chi connectivity index (χ0v) is 17.1. The fourth-order valence-electron chi connectivity index (χ4n) is 4.41. The quantitative estimate of drug-likeness (QED) is 0.726. The smallest absolute Gasteiger partial charge is 0.256 e. The molecule has 4 nitrogen and oxygen atoms in total. The summed E-state index contributed by atoms with van der Waals surface area (Å²) in [6.07, 6.45) is 2.87. The van der Waals surface area contributed by atoms with Gasteiger partial charge in [0.15, 0.2) is 0 Å². The molecule has 152 valence electrons. The molecule has 1 amide bonds. The van der Waals surface area contributed by atoms with Gasteiger partial charge >= 0.3 is 0 Å². The van der Waals surface area contributed by atoms with Gasteiger partial charge in [0.25, 0.3) is 5.91 Å². The number of rotatable bonds is 3. The van der Waals surface area contributed by atoms with E-state index in [1.807, 2.05) is 0 Å². The molecule has 4 rings (SSSR count). The fraction of sp³-hybridized carbons (Fsp3) is 0.348. The summed E-state index contributed by atoms with van der Waals surface area (Å²) in [7, 11) is 1.68. The van der Waals surface area contributed by atoms with Crippen LogP contribution in [0.25, 0.3) is 16.7 Å². The number of methoxy groups -OCH3 is 1. The van der Waals surface area contributed by atoms with Crippen molar-refractivity contribution in [3.05, 3.63) is 64.1 Å². The molecule has 0 radical (unpaired) electrons. The highest BCUT2D eigenvalue weighted by atomic mass is 35.5. The minimum absolute atomic E-state index is 0.0498. The number of benzene rings is 2. The first-order valence-corrected chi connectivity index (χ1v) is 10.1. The van der Waals surface area contributed by atoms with E-state index in [2.05, 4.69) is 5.32 Å². The molecule has 2 aliphatic rings. The average molecular weight is 416 g/mol. The molecule has 29 heavy (non-hydrogen) atoms. The number of amides is 1. The van der Waals surface area contributed by atoms with E-state index in [-0.39, 0.29) is 29.2 Å². The van der Waals surface area contributed by atoms with E-state index < -0.39 is 5.54 Å². The molecule has 1 saturated carbocycles. The molecule has 1 aliphatic heterocycles. The first-order chi connectivity index (χ1) is 13.8. The van der Waals surface area contributed by atoms with Gasteiger partial charge in [-0.2, -0.15) is 0 Å². The third kappa shape index (κ3) is 3.43. The lowest BCUT2D eigenvalue weighted by Gasteiger charge is -2.36. The summed E-state index contributed by atoms with van der Waals surface area (Å²) in [5.74, 6) is -0.661. The average Bonchev–Trinajstić information content (AvgIpc) is 2.93. The lowest BCUT2D eigenvalue weighted by atomic mass is 9.79. The van der Waals surface area contributed by atoms with Crippen LogP contribution in [0.2, 0.25) is 5.02 Å². The van der Waals surface area contributed by atoms with E-state index in [4.69, 9.17) is 16.3 Å². The van der Waals surface area contributed by atoms with Gasteiger partial charge in [-0.15, -0.1) is 0 Å². The molecule has 0 atom stereocenters. The second-order valence-electron chi connectivity index (χ2n) is 7.85. The number of carbonyl (C=O) groups is 1. The highest BCUT2D eigenvalue weighted by Gasteiger charge is 2.48. The second kappa shape index (κ2) is 7.47. The van der Waals surface area contributed by atoms with Crippen LogP contribution >= 0.6 is 11.6 Å². The molecule has 1 fully saturated rings. The minimum atomic E-state index is -0.761. The van der Waals surface area contributed by atoms with Crippen molar-refractivity contribution in [2.24, 2.45) is 0 Å². The van der Waals surface area contributed by atoms with E-state index in [0.29, 0.717) is 40.1 Å². The van der Waals surface area contributed by atoms with Crippen molar-refractivity contribution in [1.82, 2.24) is 5.32 Å². The van der Waals surface area contributed by atoms with E-state index in [0.717, 1.165) is 12.8 Å². The Bertz CT molecular complexity index is 992. The van der Waals surface area contributed by atoms with Gasteiger partial charge in [0, 0.05) is 17.7 Å². The molecular weight excluding hydrogens is 393 g/mol. The molecule has 1 spiro atoms. The molecular formula is C23H23ClFNO3. The van der Waals surface area contributed by atoms with Gasteiger partial charge in [-0.25, -0.2) is 4.39 Å². The van der Waals surface area contributed by atoms with Gasteiger partial charge < -0.3 is 15.2 Å². The monoisotopic (exact) mass is 415 g/mol. The molecule has 2 aromatic rings. The lowest BCUT2D eigenvalue weighted by molar-refractivity contribution is -0.116. The van der Waals surface area contributed by atoms with Crippen LogP contribution < -0.4 is 5.32 Å². The number of aliphatic hydroxyl groups is 1. The molecule has 6 heteroatoms. The zero-order valence-electron chi connectivity index (χ0n) is 16.4. The maximum atomic E-state index is 14.7. The Balaban J connectivity index is 1.78. The van der Waals surface area contributed by atoms with Crippen molar-refractivity contribution in [2.45, 2.75) is 44.2 Å². The van der Waals surface area contributed by atoms with Crippen LogP contribution in [0.4, 0.5) is 4.39 Å². The maximum absolute atomic E-state index is 14.7. The van der Waals surface area contributed by atoms with Crippen molar-refractivity contribution in [1.29, 1.82) is 0 Å². The van der Waals surface area contributed by atoms with Crippen molar-refractivity contribution >= 4 is 23.1 Å². The Morgan fingerprint density at radius 1 is 1.17 bits per heavy atom. The first kappa shape index (κ1) is 19.9. The fourth-order valence-corrected chi connectivity index (χ4v) is 4.54.